The lowest BCUT2D eigenvalue weighted by molar-refractivity contribution is 0.318. The van der Waals surface area contributed by atoms with Gasteiger partial charge in [-0.2, -0.15) is 0 Å². The summed E-state index contributed by atoms with van der Waals surface area (Å²) in [5, 5.41) is 7.57. The molecule has 0 unspecified atom stereocenters. The number of hydrogen-bond donors (Lipinski definition) is 2. The third-order valence-corrected chi connectivity index (χ3v) is 1.15. The van der Waals surface area contributed by atoms with Crippen LogP contribution in [-0.2, 0) is 0 Å². The predicted octanol–water partition coefficient (Wildman–Crippen LogP) is 2.07. The summed E-state index contributed by atoms with van der Waals surface area (Å²) in [4.78, 5) is 4.01. The van der Waals surface area contributed by atoms with E-state index in [4.69, 9.17) is 10.8 Å². The van der Waals surface area contributed by atoms with E-state index in [0.29, 0.717) is 5.84 Å². The molecule has 0 aromatic heterocycles. The number of hydrogen-bond acceptors (Lipinski definition) is 2. The van der Waals surface area contributed by atoms with Crippen molar-refractivity contribution in [3.05, 3.63) is 12.3 Å². The van der Waals surface area contributed by atoms with E-state index in [1.807, 2.05) is 0 Å². The first-order chi connectivity index (χ1) is 6.08. The van der Waals surface area contributed by atoms with E-state index in [1.165, 1.54) is 6.42 Å². The van der Waals surface area contributed by atoms with Gasteiger partial charge in [0.15, 0.2) is 0 Å². The molecule has 0 fully saturated rings. The summed E-state index contributed by atoms with van der Waals surface area (Å²) in [7, 11) is 0. The molecule has 0 atom stereocenters. The first kappa shape index (κ1) is 14.7. The van der Waals surface area contributed by atoms with Crippen molar-refractivity contribution in [2.24, 2.45) is 10.7 Å². The highest BCUT2D eigenvalue weighted by Gasteiger charge is 1.89. The summed E-state index contributed by atoms with van der Waals surface area (Å²) in [5.41, 5.74) is 6.24. The Morgan fingerprint density at radius 3 is 2.23 bits per heavy atom. The molecule has 0 rings (SSSR count). The Balaban J connectivity index is 0. The number of nitrogens with zero attached hydrogens (tertiary/aromatic N) is 1. The van der Waals surface area contributed by atoms with Gasteiger partial charge < -0.3 is 10.8 Å². The number of rotatable bonds is 4. The molecule has 0 radical (unpaired) electrons. The van der Waals surface area contributed by atoms with E-state index in [-0.39, 0.29) is 6.61 Å². The highest BCUT2D eigenvalue weighted by atomic mass is 16.2. The molecule has 0 saturated heterocycles. The van der Waals surface area contributed by atoms with E-state index >= 15 is 0 Å². The SMILES string of the molecule is C=C(CCCC)N=C(C)N.CCO. The molecule has 3 nitrogen and oxygen atoms in total. The molecule has 0 spiro atoms. The Bertz CT molecular complexity index is 149. The van der Waals surface area contributed by atoms with Gasteiger partial charge in [0, 0.05) is 12.3 Å². The fourth-order valence-corrected chi connectivity index (χ4v) is 0.686. The maximum Gasteiger partial charge on any atom is 0.0960 e. The van der Waals surface area contributed by atoms with E-state index < -0.39 is 0 Å². The number of unbranched alkanes of at least 4 members (excludes halogenated alkanes) is 1. The van der Waals surface area contributed by atoms with Crippen molar-refractivity contribution in [2.75, 3.05) is 6.61 Å². The average molecular weight is 186 g/mol. The standard InChI is InChI=1S/C8H16N2.C2H6O/c1-4-5-6-7(2)10-8(3)9;1-2-3/h2,4-6H2,1,3H3,(H2,9,10);3H,2H2,1H3. The molecule has 0 amide bonds. The monoisotopic (exact) mass is 186 g/mol. The van der Waals surface area contributed by atoms with Gasteiger partial charge in [0.05, 0.1) is 5.84 Å². The first-order valence-electron chi connectivity index (χ1n) is 4.67. The number of amidine groups is 1. The molecule has 13 heavy (non-hydrogen) atoms. The number of aliphatic imine (C=N–C) groups is 1. The summed E-state index contributed by atoms with van der Waals surface area (Å²) in [5.74, 6) is 0.598. The van der Waals surface area contributed by atoms with Crippen molar-refractivity contribution in [1.29, 1.82) is 0 Å². The fraction of sp³-hybridized carbons (Fsp3) is 0.700. The topological polar surface area (TPSA) is 58.6 Å². The molecular weight excluding hydrogens is 164 g/mol. The quantitative estimate of drug-likeness (QED) is 0.521. The van der Waals surface area contributed by atoms with Gasteiger partial charge in [-0.15, -0.1) is 0 Å². The Hall–Kier alpha value is -0.830. The van der Waals surface area contributed by atoms with Crippen LogP contribution in [0, 0.1) is 0 Å². The molecular formula is C10H22N2O. The Morgan fingerprint density at radius 1 is 1.46 bits per heavy atom. The number of aliphatic hydroxyl groups is 1. The summed E-state index contributed by atoms with van der Waals surface area (Å²) in [6.45, 7) is 9.62. The second kappa shape index (κ2) is 11.2. The van der Waals surface area contributed by atoms with Crippen LogP contribution in [0.1, 0.15) is 40.0 Å². The summed E-state index contributed by atoms with van der Waals surface area (Å²) in [6.07, 6.45) is 3.29. The molecule has 0 bridgehead atoms. The van der Waals surface area contributed by atoms with Crippen molar-refractivity contribution in [1.82, 2.24) is 0 Å². The summed E-state index contributed by atoms with van der Waals surface area (Å²) < 4.78 is 0. The van der Waals surface area contributed by atoms with Gasteiger partial charge in [0.2, 0.25) is 0 Å². The van der Waals surface area contributed by atoms with E-state index in [1.54, 1.807) is 13.8 Å². The third kappa shape index (κ3) is 18.3. The minimum absolute atomic E-state index is 0.250. The van der Waals surface area contributed by atoms with E-state index in [2.05, 4.69) is 18.5 Å². The molecule has 78 valence electrons. The Morgan fingerprint density at radius 2 is 1.92 bits per heavy atom. The van der Waals surface area contributed by atoms with Crippen molar-refractivity contribution < 1.29 is 5.11 Å². The first-order valence-corrected chi connectivity index (χ1v) is 4.67. The van der Waals surface area contributed by atoms with Crippen LogP contribution >= 0.6 is 0 Å². The summed E-state index contributed by atoms with van der Waals surface area (Å²) >= 11 is 0. The zero-order valence-corrected chi connectivity index (χ0v) is 9.01. The normalized spacial score (nSPS) is 10.3. The average Bonchev–Trinajstić information content (AvgIpc) is 2.01. The van der Waals surface area contributed by atoms with Crippen LogP contribution in [-0.4, -0.2) is 17.5 Å². The largest absolute Gasteiger partial charge is 0.397 e. The van der Waals surface area contributed by atoms with Gasteiger partial charge in [-0.05, 0) is 26.7 Å². The molecule has 0 aliphatic rings. The molecule has 0 saturated carbocycles. The van der Waals surface area contributed by atoms with Gasteiger partial charge in [0.1, 0.15) is 0 Å². The van der Waals surface area contributed by atoms with Gasteiger partial charge in [-0.1, -0.05) is 19.9 Å². The molecule has 0 aromatic carbocycles. The summed E-state index contributed by atoms with van der Waals surface area (Å²) in [6, 6.07) is 0. The van der Waals surface area contributed by atoms with Gasteiger partial charge in [0.25, 0.3) is 0 Å². The van der Waals surface area contributed by atoms with Crippen molar-refractivity contribution in [2.45, 2.75) is 40.0 Å². The van der Waals surface area contributed by atoms with Crippen LogP contribution in [0.4, 0.5) is 0 Å². The minimum Gasteiger partial charge on any atom is -0.397 e. The van der Waals surface area contributed by atoms with Gasteiger partial charge >= 0.3 is 0 Å². The highest BCUT2D eigenvalue weighted by molar-refractivity contribution is 5.78. The number of nitrogens with two attached hydrogens (primary N) is 1. The van der Waals surface area contributed by atoms with Crippen molar-refractivity contribution in [3.8, 4) is 0 Å². The zero-order valence-electron chi connectivity index (χ0n) is 9.01. The second-order valence-electron chi connectivity index (χ2n) is 2.74. The molecule has 0 heterocycles. The van der Waals surface area contributed by atoms with E-state index in [9.17, 15) is 0 Å². The third-order valence-electron chi connectivity index (χ3n) is 1.15. The number of aliphatic hydroxyl groups excluding tert-OH is 1. The van der Waals surface area contributed by atoms with Crippen molar-refractivity contribution >= 4 is 5.84 Å². The lowest BCUT2D eigenvalue weighted by Gasteiger charge is -1.97. The van der Waals surface area contributed by atoms with E-state index in [0.717, 1.165) is 18.5 Å². The Labute approximate surface area is 81.4 Å². The van der Waals surface area contributed by atoms with Crippen LogP contribution in [0.25, 0.3) is 0 Å². The highest BCUT2D eigenvalue weighted by Crippen LogP contribution is 2.05. The van der Waals surface area contributed by atoms with Gasteiger partial charge in [-0.3, -0.25) is 0 Å². The van der Waals surface area contributed by atoms with Crippen LogP contribution in [0.2, 0.25) is 0 Å². The van der Waals surface area contributed by atoms with Crippen LogP contribution in [0.5, 0.6) is 0 Å². The minimum atomic E-state index is 0.250. The maximum absolute atomic E-state index is 7.57. The fourth-order valence-electron chi connectivity index (χ4n) is 0.686. The second-order valence-corrected chi connectivity index (χ2v) is 2.74. The van der Waals surface area contributed by atoms with Gasteiger partial charge in [-0.25, -0.2) is 4.99 Å². The molecule has 0 aromatic rings. The number of allylic oxidation sites excluding steroid dienone is 1. The zero-order chi connectivity index (χ0) is 10.7. The molecule has 0 aliphatic heterocycles. The smallest absolute Gasteiger partial charge is 0.0960 e. The Kier molecular flexibility index (Phi) is 12.6. The molecule has 3 N–H and O–H groups in total. The molecule has 0 aliphatic carbocycles. The van der Waals surface area contributed by atoms with Crippen molar-refractivity contribution in [3.63, 3.8) is 0 Å². The lowest BCUT2D eigenvalue weighted by atomic mass is 10.2. The molecule has 3 heteroatoms. The predicted molar refractivity (Wildman–Crippen MR) is 58.7 cm³/mol. The maximum atomic E-state index is 7.57. The lowest BCUT2D eigenvalue weighted by Crippen LogP contribution is -2.05. The van der Waals surface area contributed by atoms with Crippen LogP contribution < -0.4 is 5.73 Å². The van der Waals surface area contributed by atoms with Crippen LogP contribution in [0.3, 0.4) is 0 Å². The van der Waals surface area contributed by atoms with Crippen LogP contribution in [0.15, 0.2) is 17.3 Å².